The second-order valence-electron chi connectivity index (χ2n) is 14.5. The molecule has 7 unspecified atom stereocenters. The molecule has 5 aliphatic rings. The van der Waals surface area contributed by atoms with Gasteiger partial charge in [0.1, 0.15) is 0 Å². The fourth-order valence-electron chi connectivity index (χ4n) is 11.5. The first-order valence-electron chi connectivity index (χ1n) is 15.4. The molecular weight excluding hydrogens is 410 g/mol. The molecule has 0 bridgehead atoms. The average Bonchev–Trinajstić information content (AvgIpc) is 3.14. The van der Waals surface area contributed by atoms with Crippen molar-refractivity contribution in [3.8, 4) is 0 Å². The van der Waals surface area contributed by atoms with Crippen LogP contribution in [0.25, 0.3) is 0 Å². The van der Waals surface area contributed by atoms with Crippen LogP contribution in [0.2, 0.25) is 0 Å². The molecule has 9 atom stereocenters. The van der Waals surface area contributed by atoms with E-state index in [-0.39, 0.29) is 0 Å². The summed E-state index contributed by atoms with van der Waals surface area (Å²) in [5.74, 6) is 4.03. The minimum absolute atomic E-state index is 0.480. The van der Waals surface area contributed by atoms with E-state index in [4.69, 9.17) is 5.41 Å². The zero-order valence-corrected chi connectivity index (χ0v) is 25.2. The van der Waals surface area contributed by atoms with Gasteiger partial charge in [0.2, 0.25) is 0 Å². The van der Waals surface area contributed by atoms with E-state index in [0.717, 1.165) is 29.4 Å². The molecule has 0 heterocycles. The first-order valence-corrected chi connectivity index (χ1v) is 15.4. The molecule has 0 aromatic heterocycles. The van der Waals surface area contributed by atoms with Gasteiger partial charge in [-0.05, 0) is 128 Å². The first-order chi connectivity index (χ1) is 15.9. The van der Waals surface area contributed by atoms with Gasteiger partial charge in [-0.3, -0.25) is 0 Å². The minimum atomic E-state index is 0.480. The van der Waals surface area contributed by atoms with Crippen LogP contribution in [0.1, 0.15) is 147 Å². The average molecular weight is 472 g/mol. The summed E-state index contributed by atoms with van der Waals surface area (Å²) in [7, 11) is 0. The second-order valence-corrected chi connectivity index (χ2v) is 14.5. The van der Waals surface area contributed by atoms with Crippen molar-refractivity contribution in [3.63, 3.8) is 0 Å². The second kappa shape index (κ2) is 9.52. The Kier molecular flexibility index (Phi) is 7.91. The van der Waals surface area contributed by atoms with Crippen molar-refractivity contribution >= 4 is 5.71 Å². The van der Waals surface area contributed by atoms with Crippen LogP contribution in [0.4, 0.5) is 0 Å². The highest BCUT2D eigenvalue weighted by Crippen LogP contribution is 2.77. The lowest BCUT2D eigenvalue weighted by Gasteiger charge is -2.72. The molecule has 5 aliphatic carbocycles. The lowest BCUT2D eigenvalue weighted by Crippen LogP contribution is -2.65. The molecule has 0 aromatic rings. The molecule has 0 amide bonds. The Bertz CT molecular complexity index is 737. The maximum atomic E-state index is 8.60. The van der Waals surface area contributed by atoms with Crippen LogP contribution in [0, 0.1) is 62.1 Å². The summed E-state index contributed by atoms with van der Waals surface area (Å²) in [4.78, 5) is 0. The molecule has 34 heavy (non-hydrogen) atoms. The van der Waals surface area contributed by atoms with Crippen molar-refractivity contribution < 1.29 is 0 Å². The highest BCUT2D eigenvalue weighted by atomic mass is 14.7. The molecule has 5 saturated carbocycles. The van der Waals surface area contributed by atoms with Crippen LogP contribution >= 0.6 is 0 Å². The van der Waals surface area contributed by atoms with Gasteiger partial charge in [0.05, 0.1) is 0 Å². The summed E-state index contributed by atoms with van der Waals surface area (Å²) in [5.41, 5.74) is 3.56. The summed E-state index contributed by atoms with van der Waals surface area (Å²) in [6, 6.07) is 0. The maximum absolute atomic E-state index is 8.60. The van der Waals surface area contributed by atoms with Gasteiger partial charge in [0.15, 0.2) is 0 Å². The fraction of sp³-hybridized carbons (Fsp3) is 0.970. The maximum Gasteiger partial charge on any atom is 0.00921 e. The molecular formula is C33H61N. The quantitative estimate of drug-likeness (QED) is 0.368. The van der Waals surface area contributed by atoms with Gasteiger partial charge >= 0.3 is 0 Å². The van der Waals surface area contributed by atoms with Crippen molar-refractivity contribution in [3.05, 3.63) is 0 Å². The van der Waals surface area contributed by atoms with Crippen molar-refractivity contribution in [1.29, 1.82) is 5.41 Å². The molecule has 1 N–H and O–H groups in total. The zero-order chi connectivity index (χ0) is 25.7. The van der Waals surface area contributed by atoms with Gasteiger partial charge in [-0.15, -0.1) is 0 Å². The van der Waals surface area contributed by atoms with E-state index in [1.165, 1.54) is 70.6 Å². The van der Waals surface area contributed by atoms with Gasteiger partial charge in [0.25, 0.3) is 0 Å². The minimum Gasteiger partial charge on any atom is -0.310 e. The summed E-state index contributed by atoms with van der Waals surface area (Å²) < 4.78 is 0. The predicted octanol–water partition coefficient (Wildman–Crippen LogP) is 10.6. The summed E-state index contributed by atoms with van der Waals surface area (Å²) in [5, 5.41) is 8.60. The third kappa shape index (κ3) is 3.79. The number of fused-ring (bicyclic) bond motifs is 7. The number of hydrogen-bond acceptors (Lipinski definition) is 1. The van der Waals surface area contributed by atoms with Gasteiger partial charge < -0.3 is 5.41 Å². The molecule has 198 valence electrons. The van der Waals surface area contributed by atoms with E-state index in [2.05, 4.69) is 48.5 Å². The van der Waals surface area contributed by atoms with Crippen molar-refractivity contribution in [1.82, 2.24) is 0 Å². The normalized spacial score (nSPS) is 50.6. The largest absolute Gasteiger partial charge is 0.310 e. The first kappa shape index (κ1) is 28.2. The van der Waals surface area contributed by atoms with E-state index in [9.17, 15) is 0 Å². The Labute approximate surface area is 214 Å². The van der Waals surface area contributed by atoms with Crippen LogP contribution in [0.3, 0.4) is 0 Å². The Balaban J connectivity index is 0.000000771. The number of hydrogen-bond donors (Lipinski definition) is 1. The van der Waals surface area contributed by atoms with E-state index in [1.54, 1.807) is 0 Å². The molecule has 5 rings (SSSR count). The van der Waals surface area contributed by atoms with Crippen molar-refractivity contribution in [2.75, 3.05) is 0 Å². The molecule has 0 aliphatic heterocycles. The Morgan fingerprint density at radius 3 is 1.91 bits per heavy atom. The highest BCUT2D eigenvalue weighted by Gasteiger charge is 2.69. The van der Waals surface area contributed by atoms with Gasteiger partial charge in [0, 0.05) is 5.71 Å². The molecule has 0 saturated heterocycles. The zero-order valence-electron chi connectivity index (χ0n) is 25.2. The SMILES string of the molecule is CC.CC.CC(=N)[C@@H]1CCC2(C)CC[C@]3(C)C(CCC4C5(C)CCCC(C)(C)C5CCC43C)C12. The Morgan fingerprint density at radius 2 is 1.29 bits per heavy atom. The molecule has 1 nitrogen and oxygen atoms in total. The summed E-state index contributed by atoms with van der Waals surface area (Å²) in [6.07, 6.45) is 15.7. The van der Waals surface area contributed by atoms with E-state index in [1.807, 2.05) is 27.7 Å². The molecule has 1 heteroatoms. The summed E-state index contributed by atoms with van der Waals surface area (Å²) in [6.45, 7) is 26.1. The molecule has 0 aromatic carbocycles. The van der Waals surface area contributed by atoms with Crippen LogP contribution in [0.5, 0.6) is 0 Å². The monoisotopic (exact) mass is 471 g/mol. The number of rotatable bonds is 1. The van der Waals surface area contributed by atoms with Crippen LogP contribution < -0.4 is 0 Å². The Morgan fingerprint density at radius 1 is 0.647 bits per heavy atom. The van der Waals surface area contributed by atoms with Crippen LogP contribution in [0.15, 0.2) is 0 Å². The molecule has 5 fully saturated rings. The van der Waals surface area contributed by atoms with E-state index >= 15 is 0 Å². The smallest absolute Gasteiger partial charge is 0.00921 e. The lowest BCUT2D eigenvalue weighted by atomic mass is 9.32. The van der Waals surface area contributed by atoms with Crippen LogP contribution in [-0.2, 0) is 0 Å². The predicted molar refractivity (Wildman–Crippen MR) is 151 cm³/mol. The van der Waals surface area contributed by atoms with Crippen molar-refractivity contribution in [2.24, 2.45) is 56.7 Å². The van der Waals surface area contributed by atoms with Gasteiger partial charge in [-0.1, -0.05) is 75.7 Å². The highest BCUT2D eigenvalue weighted by molar-refractivity contribution is 5.82. The third-order valence-electron chi connectivity index (χ3n) is 13.2. The molecule has 0 radical (unpaired) electrons. The topological polar surface area (TPSA) is 23.9 Å². The van der Waals surface area contributed by atoms with E-state index < -0.39 is 0 Å². The molecule has 0 spiro atoms. The standard InChI is InChI=1S/C29H49N.2C2H6/c1-19(30)20-11-15-26(4)17-18-28(6)21(24(20)26)9-10-23-27(5)14-8-13-25(2,3)22(27)12-16-29(23,28)7;2*1-2/h20-24,30H,8-18H2,1-7H3;2*1-2H3/t20-,21?,22?,23?,24?,26?,27?,28+,29?;;/m0../s1. The number of nitrogens with one attached hydrogen (secondary N) is 1. The van der Waals surface area contributed by atoms with Gasteiger partial charge in [-0.25, -0.2) is 0 Å². The van der Waals surface area contributed by atoms with Gasteiger partial charge in [-0.2, -0.15) is 0 Å². The Hall–Kier alpha value is -0.330. The lowest BCUT2D eigenvalue weighted by molar-refractivity contribution is -0.234. The third-order valence-corrected chi connectivity index (χ3v) is 13.2. The fourth-order valence-corrected chi connectivity index (χ4v) is 11.5. The van der Waals surface area contributed by atoms with E-state index in [0.29, 0.717) is 33.0 Å². The summed E-state index contributed by atoms with van der Waals surface area (Å²) >= 11 is 0. The van der Waals surface area contributed by atoms with Crippen LogP contribution in [-0.4, -0.2) is 5.71 Å². The van der Waals surface area contributed by atoms with Crippen molar-refractivity contribution in [2.45, 2.75) is 147 Å².